The molecule has 32 heavy (non-hydrogen) atoms. The summed E-state index contributed by atoms with van der Waals surface area (Å²) in [6, 6.07) is 14.1. The summed E-state index contributed by atoms with van der Waals surface area (Å²) in [5.74, 6) is 0.621. The molecule has 0 spiro atoms. The van der Waals surface area contributed by atoms with Gasteiger partial charge in [-0.1, -0.05) is 36.4 Å². The van der Waals surface area contributed by atoms with Gasteiger partial charge in [-0.15, -0.1) is 0 Å². The van der Waals surface area contributed by atoms with E-state index in [9.17, 15) is 4.79 Å². The summed E-state index contributed by atoms with van der Waals surface area (Å²) < 4.78 is 18.9. The molecule has 1 saturated heterocycles. The second kappa shape index (κ2) is 8.76. The van der Waals surface area contributed by atoms with E-state index in [0.29, 0.717) is 50.8 Å². The van der Waals surface area contributed by atoms with Crippen LogP contribution in [0.5, 0.6) is 5.75 Å². The minimum absolute atomic E-state index is 0.00333. The van der Waals surface area contributed by atoms with E-state index in [1.807, 2.05) is 47.9 Å². The van der Waals surface area contributed by atoms with Crippen molar-refractivity contribution in [2.75, 3.05) is 26.4 Å². The van der Waals surface area contributed by atoms with Crippen molar-refractivity contribution in [1.82, 2.24) is 14.7 Å². The summed E-state index contributed by atoms with van der Waals surface area (Å²) in [7, 11) is 1.93. The Kier molecular flexibility index (Phi) is 5.68. The summed E-state index contributed by atoms with van der Waals surface area (Å²) in [6.07, 6.45) is 1.92. The van der Waals surface area contributed by atoms with Crippen molar-refractivity contribution < 1.29 is 19.0 Å². The summed E-state index contributed by atoms with van der Waals surface area (Å²) in [4.78, 5) is 15.1. The van der Waals surface area contributed by atoms with Crippen LogP contribution < -0.4 is 4.74 Å². The van der Waals surface area contributed by atoms with Crippen LogP contribution in [-0.2, 0) is 29.6 Å². The number of rotatable bonds is 6. The molecule has 0 bridgehead atoms. The molecule has 1 unspecified atom stereocenters. The lowest BCUT2D eigenvalue weighted by Gasteiger charge is -2.23. The van der Waals surface area contributed by atoms with Crippen LogP contribution in [0, 0.1) is 6.92 Å². The Morgan fingerprint density at radius 1 is 1.16 bits per heavy atom. The first kappa shape index (κ1) is 20.7. The Hall–Kier alpha value is -3.16. The maximum atomic E-state index is 13.2. The molecule has 2 aliphatic heterocycles. The minimum Gasteiger partial charge on any atom is -0.490 e. The van der Waals surface area contributed by atoms with Gasteiger partial charge in [-0.25, -0.2) is 0 Å². The van der Waals surface area contributed by atoms with Crippen LogP contribution in [0.3, 0.4) is 0 Å². The highest BCUT2D eigenvalue weighted by molar-refractivity contribution is 6.01. The standard InChI is InChI=1S/C25H27N3O4/c1-17-22(14-27(2)26-17)19-8-6-18(7-9-19)12-28-13-20-4-3-5-23(24(20)25(28)29)32-16-21-15-30-10-11-31-21/h3-9,14,21H,10-13,15-16H2,1-2H3. The molecule has 7 nitrogen and oxygen atoms in total. The number of amides is 1. The highest BCUT2D eigenvalue weighted by Gasteiger charge is 2.31. The minimum atomic E-state index is -0.103. The third kappa shape index (κ3) is 4.13. The second-order valence-corrected chi connectivity index (χ2v) is 8.33. The number of carbonyl (C=O) groups excluding carboxylic acids is 1. The monoisotopic (exact) mass is 433 g/mol. The van der Waals surface area contributed by atoms with Gasteiger partial charge in [-0.3, -0.25) is 9.48 Å². The average molecular weight is 434 g/mol. The molecule has 1 fully saturated rings. The Labute approximate surface area is 187 Å². The van der Waals surface area contributed by atoms with Crippen molar-refractivity contribution in [3.63, 3.8) is 0 Å². The number of hydrogen-bond donors (Lipinski definition) is 0. The quantitative estimate of drug-likeness (QED) is 0.597. The van der Waals surface area contributed by atoms with Gasteiger partial charge >= 0.3 is 0 Å². The molecule has 0 aliphatic carbocycles. The van der Waals surface area contributed by atoms with Gasteiger partial charge in [0.05, 0.1) is 31.1 Å². The maximum absolute atomic E-state index is 13.2. The Bertz CT molecular complexity index is 1120. The molecule has 3 heterocycles. The van der Waals surface area contributed by atoms with Gasteiger partial charge in [0.25, 0.3) is 5.91 Å². The molecule has 0 saturated carbocycles. The molecule has 2 aliphatic rings. The van der Waals surface area contributed by atoms with Gasteiger partial charge in [0.1, 0.15) is 18.5 Å². The van der Waals surface area contributed by atoms with Gasteiger partial charge in [-0.2, -0.15) is 5.10 Å². The van der Waals surface area contributed by atoms with Crippen LogP contribution in [0.4, 0.5) is 0 Å². The summed E-state index contributed by atoms with van der Waals surface area (Å²) >= 11 is 0. The smallest absolute Gasteiger partial charge is 0.258 e. The molecular weight excluding hydrogens is 406 g/mol. The number of hydrogen-bond acceptors (Lipinski definition) is 5. The van der Waals surface area contributed by atoms with E-state index in [-0.39, 0.29) is 12.0 Å². The van der Waals surface area contributed by atoms with E-state index in [2.05, 4.69) is 29.4 Å². The van der Waals surface area contributed by atoms with Crippen molar-refractivity contribution >= 4 is 5.91 Å². The fourth-order valence-electron chi connectivity index (χ4n) is 4.34. The molecule has 5 rings (SSSR count). The van der Waals surface area contributed by atoms with Gasteiger partial charge in [0.2, 0.25) is 0 Å². The van der Waals surface area contributed by atoms with Crippen LogP contribution >= 0.6 is 0 Å². The molecule has 166 valence electrons. The second-order valence-electron chi connectivity index (χ2n) is 8.33. The molecule has 1 amide bonds. The van der Waals surface area contributed by atoms with E-state index >= 15 is 0 Å². The summed E-state index contributed by atoms with van der Waals surface area (Å²) in [6.45, 7) is 5.23. The van der Waals surface area contributed by atoms with Crippen molar-refractivity contribution in [2.45, 2.75) is 26.1 Å². The number of carbonyl (C=O) groups is 1. The third-order valence-electron chi connectivity index (χ3n) is 5.94. The van der Waals surface area contributed by atoms with Crippen LogP contribution in [0.25, 0.3) is 11.1 Å². The fraction of sp³-hybridized carbons (Fsp3) is 0.360. The van der Waals surface area contributed by atoms with Gasteiger partial charge in [0, 0.05) is 31.9 Å². The zero-order valence-corrected chi connectivity index (χ0v) is 18.4. The van der Waals surface area contributed by atoms with Crippen molar-refractivity contribution in [3.05, 3.63) is 71.0 Å². The Morgan fingerprint density at radius 2 is 2.00 bits per heavy atom. The predicted molar refractivity (Wildman–Crippen MR) is 119 cm³/mol. The van der Waals surface area contributed by atoms with Crippen molar-refractivity contribution in [2.24, 2.45) is 7.05 Å². The van der Waals surface area contributed by atoms with E-state index < -0.39 is 0 Å². The van der Waals surface area contributed by atoms with Crippen molar-refractivity contribution in [1.29, 1.82) is 0 Å². The number of ether oxygens (including phenoxy) is 3. The topological polar surface area (TPSA) is 65.8 Å². The van der Waals surface area contributed by atoms with Gasteiger partial charge < -0.3 is 19.1 Å². The number of aromatic nitrogens is 2. The molecule has 0 N–H and O–H groups in total. The lowest BCUT2D eigenvalue weighted by molar-refractivity contribution is -0.101. The summed E-state index contributed by atoms with van der Waals surface area (Å²) in [5.41, 5.74) is 6.00. The molecule has 1 atom stereocenters. The largest absolute Gasteiger partial charge is 0.490 e. The first-order valence-electron chi connectivity index (χ1n) is 10.9. The Morgan fingerprint density at radius 3 is 2.72 bits per heavy atom. The van der Waals surface area contributed by atoms with Crippen LogP contribution in [0.1, 0.15) is 27.2 Å². The highest BCUT2D eigenvalue weighted by atomic mass is 16.6. The lowest BCUT2D eigenvalue weighted by atomic mass is 10.0. The Balaban J connectivity index is 1.27. The number of aryl methyl sites for hydroxylation is 2. The van der Waals surface area contributed by atoms with E-state index in [4.69, 9.17) is 14.2 Å². The zero-order chi connectivity index (χ0) is 22.1. The predicted octanol–water partition coefficient (Wildman–Crippen LogP) is 3.35. The molecule has 3 aromatic rings. The molecule has 7 heteroatoms. The zero-order valence-electron chi connectivity index (χ0n) is 18.4. The highest BCUT2D eigenvalue weighted by Crippen LogP contribution is 2.32. The first-order chi connectivity index (χ1) is 15.6. The van der Waals surface area contributed by atoms with E-state index in [0.717, 1.165) is 27.9 Å². The van der Waals surface area contributed by atoms with Gasteiger partial charge in [0.15, 0.2) is 0 Å². The maximum Gasteiger partial charge on any atom is 0.258 e. The van der Waals surface area contributed by atoms with E-state index in [1.54, 1.807) is 0 Å². The van der Waals surface area contributed by atoms with Crippen LogP contribution in [-0.4, -0.2) is 53.1 Å². The average Bonchev–Trinajstić information content (AvgIpc) is 3.32. The van der Waals surface area contributed by atoms with E-state index in [1.165, 1.54) is 0 Å². The SMILES string of the molecule is Cc1nn(C)cc1-c1ccc(CN2Cc3cccc(OCC4COCCO4)c3C2=O)cc1. The third-order valence-corrected chi connectivity index (χ3v) is 5.94. The number of fused-ring (bicyclic) bond motifs is 1. The molecule has 0 radical (unpaired) electrons. The number of nitrogens with zero attached hydrogens (tertiary/aromatic N) is 3. The number of benzene rings is 2. The molecule has 2 aromatic carbocycles. The molecular formula is C25H27N3O4. The normalized spacial score (nSPS) is 18.1. The van der Waals surface area contributed by atoms with Gasteiger partial charge in [-0.05, 0) is 29.7 Å². The summed E-state index contributed by atoms with van der Waals surface area (Å²) in [5, 5.41) is 4.42. The van der Waals surface area contributed by atoms with Crippen LogP contribution in [0.2, 0.25) is 0 Å². The first-order valence-corrected chi connectivity index (χ1v) is 10.9. The van der Waals surface area contributed by atoms with Crippen LogP contribution in [0.15, 0.2) is 48.7 Å². The fourth-order valence-corrected chi connectivity index (χ4v) is 4.34. The molecule has 1 aromatic heterocycles. The van der Waals surface area contributed by atoms with Crippen molar-refractivity contribution in [3.8, 4) is 16.9 Å². The lowest BCUT2D eigenvalue weighted by Crippen LogP contribution is -2.33.